The SMILES string of the molecule is CC(=O)N1CCC[C@H]1C(=O)N[C@@H](CC(C)C)C(=O)N[C@@H](Cc1cncn1/C=C\c1ccccc1)C(=O)N[C@@H](CO)C(=O)N[C@H](C(N)=O)[C@@H](C)OP(=O)(O)OCCc1ccco1. The molecule has 1 aliphatic heterocycles. The maximum Gasteiger partial charge on any atom is 0.472 e. The molecule has 332 valence electrons. The highest BCUT2D eigenvalue weighted by molar-refractivity contribution is 7.47. The number of imidazole rings is 1. The lowest BCUT2D eigenvalue weighted by molar-refractivity contribution is -0.139. The lowest BCUT2D eigenvalue weighted by Gasteiger charge is -2.28. The maximum absolute atomic E-state index is 14.1. The van der Waals surface area contributed by atoms with E-state index in [1.54, 1.807) is 29.0 Å². The van der Waals surface area contributed by atoms with E-state index in [-0.39, 0.29) is 37.7 Å². The number of hydrogen-bond donors (Lipinski definition) is 7. The average molecular weight is 871 g/mol. The minimum atomic E-state index is -4.79. The molecular weight excluding hydrogens is 815 g/mol. The summed E-state index contributed by atoms with van der Waals surface area (Å²) in [6.07, 6.45) is 7.48. The molecule has 20 nitrogen and oxygen atoms in total. The Labute approximate surface area is 353 Å². The van der Waals surface area contributed by atoms with E-state index in [1.807, 2.05) is 44.2 Å². The van der Waals surface area contributed by atoms with Crippen LogP contribution in [0.5, 0.6) is 0 Å². The molecule has 0 radical (unpaired) electrons. The summed E-state index contributed by atoms with van der Waals surface area (Å²) >= 11 is 0. The summed E-state index contributed by atoms with van der Waals surface area (Å²) in [6.45, 7) is 5.35. The van der Waals surface area contributed by atoms with Crippen molar-refractivity contribution in [2.75, 3.05) is 19.8 Å². The van der Waals surface area contributed by atoms with E-state index >= 15 is 0 Å². The van der Waals surface area contributed by atoms with Crippen LogP contribution in [-0.2, 0) is 55.2 Å². The van der Waals surface area contributed by atoms with Crippen LogP contribution in [0.3, 0.4) is 0 Å². The van der Waals surface area contributed by atoms with Crippen molar-refractivity contribution in [3.8, 4) is 0 Å². The van der Waals surface area contributed by atoms with Crippen LogP contribution in [-0.4, -0.2) is 116 Å². The lowest BCUT2D eigenvalue weighted by atomic mass is 10.0. The Kier molecular flexibility index (Phi) is 17.9. The zero-order valence-electron chi connectivity index (χ0n) is 34.5. The molecule has 2 aromatic heterocycles. The third kappa shape index (κ3) is 14.8. The molecule has 0 saturated carbocycles. The van der Waals surface area contributed by atoms with Gasteiger partial charge in [0, 0.05) is 44.4 Å². The Bertz CT molecular complexity index is 2030. The number of nitrogens with zero attached hydrogens (tertiary/aromatic N) is 3. The first-order valence-corrected chi connectivity index (χ1v) is 21.3. The van der Waals surface area contributed by atoms with Crippen LogP contribution in [0.25, 0.3) is 12.3 Å². The summed E-state index contributed by atoms with van der Waals surface area (Å²) in [5.41, 5.74) is 6.82. The number of carbonyl (C=O) groups excluding carboxylic acids is 6. The van der Waals surface area contributed by atoms with Gasteiger partial charge in [-0.3, -0.25) is 37.8 Å². The summed E-state index contributed by atoms with van der Waals surface area (Å²) < 4.78 is 29.5. The fourth-order valence-corrected chi connectivity index (χ4v) is 7.52. The number of hydrogen-bond acceptors (Lipinski definition) is 12. The van der Waals surface area contributed by atoms with Crippen molar-refractivity contribution in [1.29, 1.82) is 0 Å². The topological polar surface area (TPSA) is 287 Å². The summed E-state index contributed by atoms with van der Waals surface area (Å²) in [5, 5.41) is 20.3. The second-order valence-electron chi connectivity index (χ2n) is 14.9. The highest BCUT2D eigenvalue weighted by Crippen LogP contribution is 2.45. The van der Waals surface area contributed by atoms with Crippen molar-refractivity contribution in [2.24, 2.45) is 11.7 Å². The van der Waals surface area contributed by atoms with Crippen LogP contribution in [0.4, 0.5) is 0 Å². The van der Waals surface area contributed by atoms with Gasteiger partial charge in [0.05, 0.1) is 31.9 Å². The number of likely N-dealkylation sites (tertiary alicyclic amines) is 1. The van der Waals surface area contributed by atoms with E-state index in [0.717, 1.165) is 5.56 Å². The van der Waals surface area contributed by atoms with Crippen LogP contribution in [0.1, 0.15) is 64.0 Å². The van der Waals surface area contributed by atoms with E-state index in [4.69, 9.17) is 19.2 Å². The Morgan fingerprint density at radius 2 is 1.67 bits per heavy atom. The number of aliphatic hydroxyl groups is 1. The molecule has 3 aromatic rings. The Morgan fingerprint density at radius 1 is 0.984 bits per heavy atom. The maximum atomic E-state index is 14.1. The summed E-state index contributed by atoms with van der Waals surface area (Å²) in [7, 11) is -4.79. The van der Waals surface area contributed by atoms with Gasteiger partial charge in [-0.25, -0.2) is 9.55 Å². The number of carbonyl (C=O) groups is 6. The second-order valence-corrected chi connectivity index (χ2v) is 16.3. The number of rotatable bonds is 23. The average Bonchev–Trinajstić information content (AvgIpc) is 4.01. The van der Waals surface area contributed by atoms with Crippen molar-refractivity contribution < 1.29 is 56.8 Å². The quantitative estimate of drug-likeness (QED) is 0.0653. The Balaban J connectivity index is 1.52. The molecule has 0 bridgehead atoms. The lowest BCUT2D eigenvalue weighted by Crippen LogP contribution is -2.61. The van der Waals surface area contributed by atoms with Crippen LogP contribution in [0.15, 0.2) is 65.7 Å². The van der Waals surface area contributed by atoms with Crippen LogP contribution in [0.2, 0.25) is 0 Å². The molecule has 4 rings (SSSR count). The van der Waals surface area contributed by atoms with E-state index < -0.39 is 80.3 Å². The first-order valence-electron chi connectivity index (χ1n) is 19.8. The molecule has 1 saturated heterocycles. The van der Waals surface area contributed by atoms with Crippen LogP contribution in [0, 0.1) is 5.92 Å². The number of aliphatic hydroxyl groups excluding tert-OH is 1. The third-order valence-electron chi connectivity index (χ3n) is 9.69. The van der Waals surface area contributed by atoms with Crippen molar-refractivity contribution in [3.05, 3.63) is 78.3 Å². The standard InChI is InChI=1S/C40H55N8O12P/c1-25(2)20-31(44-40(55)34-13-8-16-48(34)27(4)50)37(52)43-32(21-29-22-42-24-47(29)17-14-28-10-6-5-7-11-28)38(53)45-33(23-49)39(54)46-35(36(41)51)26(3)60-61(56,57)59-19-15-30-12-9-18-58-30/h5-7,9-12,14,17-18,22,24-26,31-35,49H,8,13,15-16,19-21,23H2,1-4H3,(H2,41,51)(H,43,52)(H,44,55)(H,45,53)(H,46,54)(H,56,57)/b17-14-/t26-,31+,32+,33+,34+,35+/m1/s1. The van der Waals surface area contributed by atoms with E-state index in [1.165, 1.54) is 37.5 Å². The first kappa shape index (κ1) is 48.0. The van der Waals surface area contributed by atoms with Crippen molar-refractivity contribution in [1.82, 2.24) is 35.7 Å². The summed E-state index contributed by atoms with van der Waals surface area (Å²) in [5.74, 6) is -4.39. The molecule has 1 aliphatic rings. The molecule has 8 N–H and O–H groups in total. The highest BCUT2D eigenvalue weighted by Gasteiger charge is 2.38. The molecule has 1 fully saturated rings. The number of phosphoric ester groups is 1. The highest BCUT2D eigenvalue weighted by atomic mass is 31.2. The van der Waals surface area contributed by atoms with Gasteiger partial charge in [0.25, 0.3) is 0 Å². The molecular formula is C40H55N8O12P. The normalized spacial score (nSPS) is 17.5. The fraction of sp³-hybridized carbons (Fsp3) is 0.475. The fourth-order valence-electron chi connectivity index (χ4n) is 6.59. The summed E-state index contributed by atoms with van der Waals surface area (Å²) in [6, 6.07) is 5.79. The number of phosphoric acid groups is 1. The van der Waals surface area contributed by atoms with E-state index in [2.05, 4.69) is 26.3 Å². The van der Waals surface area contributed by atoms with E-state index in [0.29, 0.717) is 30.8 Å². The number of nitrogens with two attached hydrogens (primary N) is 1. The van der Waals surface area contributed by atoms with Gasteiger partial charge in [0.15, 0.2) is 0 Å². The number of primary amides is 1. The van der Waals surface area contributed by atoms with Gasteiger partial charge >= 0.3 is 7.82 Å². The van der Waals surface area contributed by atoms with Gasteiger partial charge in [-0.05, 0) is 55.9 Å². The van der Waals surface area contributed by atoms with Crippen molar-refractivity contribution in [3.63, 3.8) is 0 Å². The third-order valence-corrected chi connectivity index (χ3v) is 10.8. The minimum absolute atomic E-state index is 0.0968. The zero-order chi connectivity index (χ0) is 44.7. The van der Waals surface area contributed by atoms with Crippen LogP contribution < -0.4 is 27.0 Å². The van der Waals surface area contributed by atoms with Crippen LogP contribution >= 0.6 is 7.82 Å². The Hall–Kier alpha value is -5.66. The minimum Gasteiger partial charge on any atom is -0.469 e. The van der Waals surface area contributed by atoms with Gasteiger partial charge < -0.3 is 50.9 Å². The molecule has 0 spiro atoms. The predicted molar refractivity (Wildman–Crippen MR) is 220 cm³/mol. The molecule has 3 heterocycles. The molecule has 7 atom stereocenters. The number of aromatic nitrogens is 2. The predicted octanol–water partition coefficient (Wildman–Crippen LogP) is 0.885. The Morgan fingerprint density at radius 3 is 2.31 bits per heavy atom. The zero-order valence-corrected chi connectivity index (χ0v) is 35.4. The molecule has 6 amide bonds. The van der Waals surface area contributed by atoms with Crippen molar-refractivity contribution in [2.45, 2.75) is 96.1 Å². The molecule has 21 heteroatoms. The monoisotopic (exact) mass is 870 g/mol. The second kappa shape index (κ2) is 22.8. The van der Waals surface area contributed by atoms with Crippen molar-refractivity contribution >= 4 is 55.5 Å². The van der Waals surface area contributed by atoms with Gasteiger partial charge in [0.1, 0.15) is 36.0 Å². The summed E-state index contributed by atoms with van der Waals surface area (Å²) in [4.78, 5) is 95.6. The number of amides is 6. The van der Waals surface area contributed by atoms with Gasteiger partial charge in [0.2, 0.25) is 35.4 Å². The molecule has 0 aliphatic carbocycles. The number of benzene rings is 1. The van der Waals surface area contributed by atoms with Gasteiger partial charge in [-0.1, -0.05) is 44.2 Å². The van der Waals surface area contributed by atoms with Gasteiger partial charge in [-0.2, -0.15) is 0 Å². The first-order chi connectivity index (χ1) is 29.0. The molecule has 1 unspecified atom stereocenters. The smallest absolute Gasteiger partial charge is 0.469 e. The molecule has 1 aromatic carbocycles. The molecule has 61 heavy (non-hydrogen) atoms. The van der Waals surface area contributed by atoms with Gasteiger partial charge in [-0.15, -0.1) is 0 Å². The number of nitrogens with one attached hydrogen (secondary N) is 4. The number of furan rings is 1. The largest absolute Gasteiger partial charge is 0.472 e. The van der Waals surface area contributed by atoms with E-state index in [9.17, 15) is 43.3 Å².